The molecule has 1 heterocycles. The first-order valence-corrected chi connectivity index (χ1v) is 26.0. The van der Waals surface area contributed by atoms with Crippen LogP contribution in [0.5, 0.6) is 0 Å². The molecule has 0 saturated heterocycles. The molecule has 0 aromatic heterocycles. The zero-order chi connectivity index (χ0) is 50.8. The highest BCUT2D eigenvalue weighted by Crippen LogP contribution is 2.47. The van der Waals surface area contributed by atoms with Gasteiger partial charge in [-0.05, 0) is 168 Å². The summed E-state index contributed by atoms with van der Waals surface area (Å²) >= 11 is 0. The van der Waals surface area contributed by atoms with Gasteiger partial charge in [0, 0.05) is 51.1 Å². The van der Waals surface area contributed by atoms with Crippen molar-refractivity contribution in [2.24, 2.45) is 0 Å². The van der Waals surface area contributed by atoms with E-state index in [-0.39, 0.29) is 16.2 Å². The van der Waals surface area contributed by atoms with Gasteiger partial charge >= 0.3 is 0 Å². The Morgan fingerprint density at radius 2 is 0.959 bits per heavy atom. The van der Waals surface area contributed by atoms with Crippen molar-refractivity contribution >= 4 is 85.2 Å². The highest BCUT2D eigenvalue weighted by atomic mass is 15.2. The third-order valence-corrected chi connectivity index (χ3v) is 15.0. The standard InChI is InChI=1S/C69H66BN3/c1-45-40-49(46-18-12-11-13-19-46)24-39-62(45)73-63-44-57(72(55-33-27-52(28-34-55)68(5,6)7)56-35-29-53(30-36-56)69(8,9)10)37-38-60(63)70-66-64(73)43-50-22-16-17-23-58(50)65(66)59-41-47-20-14-15-21-48(47)42-61(59)71-54-31-25-51(26-32-54)67(2,3)4/h11-44,70-71H,1-10H3. The molecule has 0 radical (unpaired) electrons. The number of benzene rings is 10. The van der Waals surface area contributed by atoms with Crippen LogP contribution in [0.2, 0.25) is 0 Å². The normalized spacial score (nSPS) is 12.6. The third kappa shape index (κ3) is 9.21. The Bertz CT molecular complexity index is 3610. The molecule has 1 aliphatic rings. The van der Waals surface area contributed by atoms with Crippen molar-refractivity contribution < 1.29 is 0 Å². The van der Waals surface area contributed by atoms with Gasteiger partial charge in [-0.15, -0.1) is 0 Å². The first-order chi connectivity index (χ1) is 35.0. The molecular weight excluding hydrogens is 882 g/mol. The van der Waals surface area contributed by atoms with E-state index in [9.17, 15) is 0 Å². The Labute approximate surface area is 434 Å². The first-order valence-electron chi connectivity index (χ1n) is 26.0. The van der Waals surface area contributed by atoms with Crippen LogP contribution in [0, 0.1) is 6.92 Å². The van der Waals surface area contributed by atoms with Crippen LogP contribution in [0.25, 0.3) is 43.8 Å². The average Bonchev–Trinajstić information content (AvgIpc) is 3.37. The number of nitrogens with one attached hydrogen (secondary N) is 1. The second-order valence-corrected chi connectivity index (χ2v) is 23.3. The molecule has 10 aromatic rings. The summed E-state index contributed by atoms with van der Waals surface area (Å²) in [5, 5.41) is 8.82. The van der Waals surface area contributed by atoms with E-state index in [1.807, 2.05) is 0 Å². The van der Waals surface area contributed by atoms with Gasteiger partial charge in [-0.3, -0.25) is 0 Å². The van der Waals surface area contributed by atoms with E-state index in [1.54, 1.807) is 0 Å². The van der Waals surface area contributed by atoms with Gasteiger partial charge in [-0.1, -0.05) is 195 Å². The summed E-state index contributed by atoms with van der Waals surface area (Å²) in [6.07, 6.45) is 0. The monoisotopic (exact) mass is 948 g/mol. The van der Waals surface area contributed by atoms with E-state index in [1.165, 1.54) is 88.4 Å². The van der Waals surface area contributed by atoms with Gasteiger partial charge < -0.3 is 15.1 Å². The molecule has 0 fully saturated rings. The molecule has 3 nitrogen and oxygen atoms in total. The number of rotatable bonds is 8. The zero-order valence-electron chi connectivity index (χ0n) is 44.2. The van der Waals surface area contributed by atoms with Crippen molar-refractivity contribution in [2.75, 3.05) is 15.1 Å². The van der Waals surface area contributed by atoms with E-state index in [0.717, 1.165) is 41.4 Å². The number of hydrogen-bond donors (Lipinski definition) is 1. The highest BCUT2D eigenvalue weighted by molar-refractivity contribution is 6.73. The number of anilines is 8. The highest BCUT2D eigenvalue weighted by Gasteiger charge is 2.32. The summed E-state index contributed by atoms with van der Waals surface area (Å²) in [6.45, 7) is 22.8. The lowest BCUT2D eigenvalue weighted by Gasteiger charge is -2.37. The lowest BCUT2D eigenvalue weighted by molar-refractivity contribution is 0.590. The molecule has 0 amide bonds. The van der Waals surface area contributed by atoms with Crippen LogP contribution in [0.15, 0.2) is 206 Å². The second-order valence-electron chi connectivity index (χ2n) is 23.3. The van der Waals surface area contributed by atoms with E-state index < -0.39 is 0 Å². The third-order valence-electron chi connectivity index (χ3n) is 15.0. The summed E-state index contributed by atoms with van der Waals surface area (Å²) < 4.78 is 0. The van der Waals surface area contributed by atoms with E-state index in [4.69, 9.17) is 0 Å². The first kappa shape index (κ1) is 47.5. The van der Waals surface area contributed by atoms with Gasteiger partial charge in [-0.2, -0.15) is 0 Å². The lowest BCUT2D eigenvalue weighted by atomic mass is 9.57. The maximum absolute atomic E-state index is 3.96. The molecule has 1 aliphatic heterocycles. The molecule has 360 valence electrons. The van der Waals surface area contributed by atoms with Gasteiger partial charge in [0.25, 0.3) is 0 Å². The molecule has 1 N–H and O–H groups in total. The summed E-state index contributed by atoms with van der Waals surface area (Å²) in [5.74, 6) is 0. The minimum atomic E-state index is 0.0375. The molecule has 0 atom stereocenters. The molecule has 73 heavy (non-hydrogen) atoms. The molecule has 0 unspecified atom stereocenters. The summed E-state index contributed by atoms with van der Waals surface area (Å²) in [7, 11) is 0.760. The number of fused-ring (bicyclic) bond motifs is 4. The maximum Gasteiger partial charge on any atom is 0.198 e. The van der Waals surface area contributed by atoms with Crippen LogP contribution < -0.4 is 26.0 Å². The summed E-state index contributed by atoms with van der Waals surface area (Å²) in [5.41, 5.74) is 21.8. The summed E-state index contributed by atoms with van der Waals surface area (Å²) in [6, 6.07) is 77.3. The van der Waals surface area contributed by atoms with Gasteiger partial charge in [0.2, 0.25) is 0 Å². The van der Waals surface area contributed by atoms with Gasteiger partial charge in [0.15, 0.2) is 7.28 Å². The Balaban J connectivity index is 1.15. The Morgan fingerprint density at radius 3 is 1.55 bits per heavy atom. The Hall–Kier alpha value is -7.82. The fourth-order valence-corrected chi connectivity index (χ4v) is 10.8. The predicted molar refractivity (Wildman–Crippen MR) is 319 cm³/mol. The van der Waals surface area contributed by atoms with Crippen LogP contribution in [0.3, 0.4) is 0 Å². The van der Waals surface area contributed by atoms with Crippen molar-refractivity contribution in [1.29, 1.82) is 0 Å². The SMILES string of the molecule is Cc1cc(-c2ccccc2)ccc1N1c2cc(N(c3ccc(C(C)(C)C)cc3)c3ccc(C(C)(C)C)cc3)ccc2Bc2c1cc1ccccc1c2-c1cc2ccccc2cc1Nc1ccc(C(C)(C)C)cc1. The maximum atomic E-state index is 3.96. The second kappa shape index (κ2) is 18.3. The van der Waals surface area contributed by atoms with E-state index in [0.29, 0.717) is 0 Å². The van der Waals surface area contributed by atoms with Crippen molar-refractivity contribution in [3.8, 4) is 22.3 Å². The molecule has 0 bridgehead atoms. The largest absolute Gasteiger partial charge is 0.355 e. The van der Waals surface area contributed by atoms with Crippen LogP contribution in [-0.4, -0.2) is 7.28 Å². The fraction of sp³-hybridized carbons (Fsp3) is 0.188. The molecular formula is C69H66BN3. The molecule has 0 saturated carbocycles. The van der Waals surface area contributed by atoms with Crippen LogP contribution >= 0.6 is 0 Å². The molecule has 10 aromatic carbocycles. The molecule has 4 heteroatoms. The minimum Gasteiger partial charge on any atom is -0.355 e. The average molecular weight is 948 g/mol. The predicted octanol–water partition coefficient (Wildman–Crippen LogP) is 17.9. The number of aryl methyl sites for hydroxylation is 1. The fourth-order valence-electron chi connectivity index (χ4n) is 10.8. The Morgan fingerprint density at radius 1 is 0.425 bits per heavy atom. The van der Waals surface area contributed by atoms with Crippen molar-refractivity contribution in [1.82, 2.24) is 0 Å². The van der Waals surface area contributed by atoms with Crippen molar-refractivity contribution in [3.05, 3.63) is 229 Å². The summed E-state index contributed by atoms with van der Waals surface area (Å²) in [4.78, 5) is 5.01. The lowest BCUT2D eigenvalue weighted by Crippen LogP contribution is -2.41. The van der Waals surface area contributed by atoms with Gasteiger partial charge in [-0.25, -0.2) is 0 Å². The zero-order valence-corrected chi connectivity index (χ0v) is 44.2. The quantitative estimate of drug-likeness (QED) is 0.153. The van der Waals surface area contributed by atoms with E-state index in [2.05, 4.69) is 291 Å². The number of hydrogen-bond acceptors (Lipinski definition) is 3. The van der Waals surface area contributed by atoms with Gasteiger partial charge in [0.05, 0.1) is 0 Å². The van der Waals surface area contributed by atoms with Crippen molar-refractivity contribution in [2.45, 2.75) is 85.5 Å². The van der Waals surface area contributed by atoms with Gasteiger partial charge in [0.1, 0.15) is 0 Å². The van der Waals surface area contributed by atoms with Crippen molar-refractivity contribution in [3.63, 3.8) is 0 Å². The molecule has 0 aliphatic carbocycles. The minimum absolute atomic E-state index is 0.0375. The molecule has 0 spiro atoms. The smallest absolute Gasteiger partial charge is 0.198 e. The van der Waals surface area contributed by atoms with Crippen LogP contribution in [0.4, 0.5) is 45.5 Å². The number of nitrogens with zero attached hydrogens (tertiary/aromatic N) is 2. The Kier molecular flexibility index (Phi) is 11.9. The van der Waals surface area contributed by atoms with Crippen LogP contribution in [0.1, 0.15) is 84.6 Å². The molecule has 11 rings (SSSR count). The van der Waals surface area contributed by atoms with Crippen LogP contribution in [-0.2, 0) is 16.2 Å². The topological polar surface area (TPSA) is 18.5 Å². The van der Waals surface area contributed by atoms with E-state index >= 15 is 0 Å².